The quantitative estimate of drug-likeness (QED) is 0.513. The minimum Gasteiger partial charge on any atom is -0.478 e. The van der Waals surface area contributed by atoms with Crippen LogP contribution in [0.15, 0.2) is 12.3 Å². The number of carboxylic acids is 1. The lowest BCUT2D eigenvalue weighted by atomic mass is 10.1. The molecule has 1 aromatic heterocycles. The van der Waals surface area contributed by atoms with Crippen molar-refractivity contribution in [3.63, 3.8) is 0 Å². The number of ether oxygens (including phenoxy) is 1. The first-order valence-corrected chi connectivity index (χ1v) is 5.45. The summed E-state index contributed by atoms with van der Waals surface area (Å²) in [5, 5.41) is 9.01. The van der Waals surface area contributed by atoms with Gasteiger partial charge in [0.25, 0.3) is 0 Å². The maximum Gasteiger partial charge on any atom is 0.337 e. The van der Waals surface area contributed by atoms with E-state index in [-0.39, 0.29) is 29.3 Å². The van der Waals surface area contributed by atoms with Gasteiger partial charge in [-0.15, -0.1) is 0 Å². The molecule has 0 saturated heterocycles. The summed E-state index contributed by atoms with van der Waals surface area (Å²) in [5.74, 6) is 3.48. The van der Waals surface area contributed by atoms with E-state index in [4.69, 9.17) is 16.7 Å². The molecule has 18 heavy (non-hydrogen) atoms. The molecule has 0 amide bonds. The van der Waals surface area contributed by atoms with Crippen LogP contribution in [0.2, 0.25) is 5.15 Å². The van der Waals surface area contributed by atoms with Crippen LogP contribution in [-0.4, -0.2) is 28.6 Å². The molecule has 0 aliphatic rings. The first-order chi connectivity index (χ1) is 8.54. The van der Waals surface area contributed by atoms with Crippen LogP contribution >= 0.6 is 11.6 Å². The van der Waals surface area contributed by atoms with Gasteiger partial charge in [-0.3, -0.25) is 4.79 Å². The van der Waals surface area contributed by atoms with E-state index in [0.29, 0.717) is 0 Å². The molecule has 0 unspecified atom stereocenters. The highest BCUT2D eigenvalue weighted by atomic mass is 35.5. The molecule has 5 nitrogen and oxygen atoms in total. The molecule has 0 fully saturated rings. The van der Waals surface area contributed by atoms with Crippen molar-refractivity contribution in [2.24, 2.45) is 0 Å². The normalized spacial score (nSPS) is 9.22. The average Bonchev–Trinajstić information content (AvgIpc) is 2.31. The highest BCUT2D eigenvalue weighted by Gasteiger charge is 2.09. The van der Waals surface area contributed by atoms with E-state index in [9.17, 15) is 9.59 Å². The number of halogens is 1. The Morgan fingerprint density at radius 3 is 2.89 bits per heavy atom. The summed E-state index contributed by atoms with van der Waals surface area (Å²) in [4.78, 5) is 25.7. The highest BCUT2D eigenvalue weighted by Crippen LogP contribution is 2.12. The Kier molecular flexibility index (Phi) is 5.15. The second-order valence-electron chi connectivity index (χ2n) is 3.14. The van der Waals surface area contributed by atoms with E-state index in [1.165, 1.54) is 12.3 Å². The lowest BCUT2D eigenvalue weighted by Gasteiger charge is -1.98. The maximum atomic E-state index is 11.0. The van der Waals surface area contributed by atoms with Crippen molar-refractivity contribution in [2.75, 3.05) is 6.61 Å². The van der Waals surface area contributed by atoms with E-state index in [1.807, 2.05) is 0 Å². The zero-order chi connectivity index (χ0) is 13.5. The van der Waals surface area contributed by atoms with E-state index < -0.39 is 11.9 Å². The number of aromatic nitrogens is 1. The lowest BCUT2D eigenvalue weighted by Crippen LogP contribution is -2.03. The van der Waals surface area contributed by atoms with Crippen LogP contribution in [0.5, 0.6) is 0 Å². The minimum absolute atomic E-state index is 0.0497. The molecule has 94 valence electrons. The van der Waals surface area contributed by atoms with Gasteiger partial charge in [-0.25, -0.2) is 9.78 Å². The van der Waals surface area contributed by atoms with Crippen LogP contribution in [0.1, 0.15) is 29.3 Å². The highest BCUT2D eigenvalue weighted by molar-refractivity contribution is 6.29. The Morgan fingerprint density at radius 1 is 1.56 bits per heavy atom. The Bertz CT molecular complexity index is 531. The van der Waals surface area contributed by atoms with Crippen LogP contribution in [0.4, 0.5) is 0 Å². The Hall–Kier alpha value is -2.06. The van der Waals surface area contributed by atoms with Crippen molar-refractivity contribution in [2.45, 2.75) is 13.3 Å². The van der Waals surface area contributed by atoms with Crippen molar-refractivity contribution in [3.05, 3.63) is 28.5 Å². The smallest absolute Gasteiger partial charge is 0.337 e. The molecule has 0 atom stereocenters. The third kappa shape index (κ3) is 4.07. The molecular weight excluding hydrogens is 258 g/mol. The predicted octanol–water partition coefficient (Wildman–Crippen LogP) is 1.74. The third-order valence-corrected chi connectivity index (χ3v) is 2.07. The van der Waals surface area contributed by atoms with Gasteiger partial charge in [0.1, 0.15) is 11.6 Å². The van der Waals surface area contributed by atoms with E-state index in [1.54, 1.807) is 6.92 Å². The fraction of sp³-hybridized carbons (Fsp3) is 0.250. The predicted molar refractivity (Wildman–Crippen MR) is 64.3 cm³/mol. The zero-order valence-corrected chi connectivity index (χ0v) is 10.3. The second kappa shape index (κ2) is 6.62. The molecule has 1 rings (SSSR count). The van der Waals surface area contributed by atoms with Crippen LogP contribution in [0, 0.1) is 11.8 Å². The van der Waals surface area contributed by atoms with Gasteiger partial charge in [-0.2, -0.15) is 0 Å². The van der Waals surface area contributed by atoms with Crippen LogP contribution in [0.25, 0.3) is 0 Å². The topological polar surface area (TPSA) is 76.5 Å². The summed E-state index contributed by atoms with van der Waals surface area (Å²) in [6, 6.07) is 1.21. The number of carboxylic acid groups (broad SMARTS) is 1. The lowest BCUT2D eigenvalue weighted by molar-refractivity contribution is -0.141. The van der Waals surface area contributed by atoms with Crippen molar-refractivity contribution >= 4 is 23.5 Å². The monoisotopic (exact) mass is 267 g/mol. The third-order valence-electron chi connectivity index (χ3n) is 1.86. The van der Waals surface area contributed by atoms with E-state index in [2.05, 4.69) is 21.6 Å². The molecular formula is C12H10ClNO4. The molecule has 0 radical (unpaired) electrons. The van der Waals surface area contributed by atoms with Gasteiger partial charge in [0.2, 0.25) is 0 Å². The van der Waals surface area contributed by atoms with E-state index in [0.717, 1.165) is 0 Å². The minimum atomic E-state index is -1.15. The van der Waals surface area contributed by atoms with Gasteiger partial charge in [0.15, 0.2) is 0 Å². The van der Waals surface area contributed by atoms with Gasteiger partial charge in [-0.1, -0.05) is 23.4 Å². The van der Waals surface area contributed by atoms with Gasteiger partial charge in [0, 0.05) is 6.20 Å². The van der Waals surface area contributed by atoms with Crippen LogP contribution in [0.3, 0.4) is 0 Å². The fourth-order valence-electron chi connectivity index (χ4n) is 1.13. The number of carbonyl (C=O) groups is 2. The van der Waals surface area contributed by atoms with Crippen molar-refractivity contribution in [1.29, 1.82) is 0 Å². The number of hydrogen-bond acceptors (Lipinski definition) is 4. The average molecular weight is 268 g/mol. The summed E-state index contributed by atoms with van der Waals surface area (Å²) in [6.45, 7) is 1.97. The Morgan fingerprint density at radius 2 is 2.28 bits per heavy atom. The number of carbonyl (C=O) groups excluding carboxylic acids is 1. The van der Waals surface area contributed by atoms with Crippen LogP contribution in [-0.2, 0) is 9.53 Å². The molecule has 0 saturated carbocycles. The maximum absolute atomic E-state index is 11.0. The van der Waals surface area contributed by atoms with Gasteiger partial charge >= 0.3 is 11.9 Å². The molecule has 1 N–H and O–H groups in total. The SMILES string of the molecule is CCOC(=O)CC#Cc1cnc(Cl)cc1C(=O)O. The molecule has 0 aliphatic carbocycles. The van der Waals surface area contributed by atoms with Gasteiger partial charge < -0.3 is 9.84 Å². The number of hydrogen-bond donors (Lipinski definition) is 1. The summed E-state index contributed by atoms with van der Waals surface area (Å²) in [7, 11) is 0. The number of pyridine rings is 1. The summed E-state index contributed by atoms with van der Waals surface area (Å²) in [5.41, 5.74) is 0.155. The summed E-state index contributed by atoms with van der Waals surface area (Å²) >= 11 is 5.59. The number of aromatic carboxylic acids is 1. The molecule has 6 heteroatoms. The van der Waals surface area contributed by atoms with Crippen LogP contribution < -0.4 is 0 Å². The second-order valence-corrected chi connectivity index (χ2v) is 3.53. The zero-order valence-electron chi connectivity index (χ0n) is 9.57. The summed E-state index contributed by atoms with van der Waals surface area (Å²) < 4.78 is 4.68. The number of nitrogens with zero attached hydrogens (tertiary/aromatic N) is 1. The molecule has 0 spiro atoms. The Labute approximate surface area is 109 Å². The van der Waals surface area contributed by atoms with Gasteiger partial charge in [0.05, 0.1) is 17.7 Å². The van der Waals surface area contributed by atoms with Crippen molar-refractivity contribution in [1.82, 2.24) is 4.98 Å². The molecule has 1 heterocycles. The molecule has 0 aliphatic heterocycles. The molecule has 1 aromatic rings. The van der Waals surface area contributed by atoms with Crippen molar-refractivity contribution in [3.8, 4) is 11.8 Å². The van der Waals surface area contributed by atoms with Gasteiger partial charge in [-0.05, 0) is 13.0 Å². The first-order valence-electron chi connectivity index (χ1n) is 5.08. The standard InChI is InChI=1S/C12H10ClNO4/c1-2-18-11(15)5-3-4-8-7-14-10(13)6-9(8)12(16)17/h6-7H,2,5H2,1H3,(H,16,17). The fourth-order valence-corrected chi connectivity index (χ4v) is 1.29. The first kappa shape index (κ1) is 14.0. The van der Waals surface area contributed by atoms with Crippen molar-refractivity contribution < 1.29 is 19.4 Å². The van der Waals surface area contributed by atoms with E-state index >= 15 is 0 Å². The Balaban J connectivity index is 2.88. The number of esters is 1. The number of rotatable bonds is 3. The molecule has 0 bridgehead atoms. The summed E-state index contributed by atoms with van der Waals surface area (Å²) in [6.07, 6.45) is 1.15. The largest absolute Gasteiger partial charge is 0.478 e. The molecule has 0 aromatic carbocycles.